The normalized spacial score (nSPS) is 28.3. The number of aromatic nitrogens is 2. The number of fused-ring (bicyclic) bond motifs is 1. The van der Waals surface area contributed by atoms with Gasteiger partial charge in [-0.25, -0.2) is 9.97 Å². The predicted molar refractivity (Wildman–Crippen MR) is 58.6 cm³/mol. The topological polar surface area (TPSA) is 55.0 Å². The molecule has 1 fully saturated rings. The summed E-state index contributed by atoms with van der Waals surface area (Å²) in [6.07, 6.45) is 1.48. The van der Waals surface area contributed by atoms with E-state index in [-0.39, 0.29) is 6.04 Å². The third-order valence-electron chi connectivity index (χ3n) is 3.28. The fourth-order valence-corrected chi connectivity index (χ4v) is 2.58. The Labute approximate surface area is 92.8 Å². The zero-order chi connectivity index (χ0) is 10.6. The molecule has 0 radical (unpaired) electrons. The van der Waals surface area contributed by atoms with E-state index in [4.69, 9.17) is 17.3 Å². The minimum atomic E-state index is 0.179. The molecule has 1 aliphatic carbocycles. The summed E-state index contributed by atoms with van der Waals surface area (Å²) in [6, 6.07) is 1.95. The lowest BCUT2D eigenvalue weighted by Gasteiger charge is -2.28. The van der Waals surface area contributed by atoms with Crippen molar-refractivity contribution >= 4 is 17.4 Å². The number of hydrogen-bond acceptors (Lipinski definition) is 4. The van der Waals surface area contributed by atoms with Gasteiger partial charge in [-0.1, -0.05) is 11.6 Å². The molecule has 0 aromatic carbocycles. The summed E-state index contributed by atoms with van der Waals surface area (Å²) in [6.45, 7) is 3.06. The van der Waals surface area contributed by atoms with Crippen molar-refractivity contribution in [1.29, 1.82) is 0 Å². The second kappa shape index (κ2) is 2.93. The number of hydrogen-bond donors (Lipinski definition) is 1. The van der Waals surface area contributed by atoms with Gasteiger partial charge in [-0.05, 0) is 12.5 Å². The fourth-order valence-electron chi connectivity index (χ4n) is 2.44. The molecule has 2 bridgehead atoms. The van der Waals surface area contributed by atoms with Gasteiger partial charge in [-0.2, -0.15) is 0 Å². The molecule has 1 aromatic heterocycles. The van der Waals surface area contributed by atoms with E-state index in [0.717, 1.165) is 12.4 Å². The number of nitrogens with zero attached hydrogens (tertiary/aromatic N) is 3. The van der Waals surface area contributed by atoms with E-state index in [9.17, 15) is 0 Å². The molecule has 3 heterocycles. The Morgan fingerprint density at radius 1 is 1.53 bits per heavy atom. The first-order valence-corrected chi connectivity index (χ1v) is 5.27. The van der Waals surface area contributed by atoms with E-state index in [0.29, 0.717) is 11.1 Å². The molecule has 0 amide bonds. The lowest BCUT2D eigenvalue weighted by Crippen LogP contribution is -2.37. The van der Waals surface area contributed by atoms with E-state index >= 15 is 0 Å². The highest BCUT2D eigenvalue weighted by Gasteiger charge is 2.47. The molecule has 0 spiro atoms. The van der Waals surface area contributed by atoms with Gasteiger partial charge in [0.1, 0.15) is 17.3 Å². The third kappa shape index (κ3) is 1.12. The summed E-state index contributed by atoms with van der Waals surface area (Å²) in [5.41, 5.74) is 8.60. The maximum Gasteiger partial charge on any atom is 0.137 e. The number of halogens is 1. The maximum absolute atomic E-state index is 6.01. The van der Waals surface area contributed by atoms with Crippen molar-refractivity contribution in [2.24, 2.45) is 11.7 Å². The van der Waals surface area contributed by atoms with Gasteiger partial charge in [0.15, 0.2) is 0 Å². The van der Waals surface area contributed by atoms with Crippen molar-refractivity contribution in [3.05, 3.63) is 28.8 Å². The SMILES string of the molecule is CC1=C2C(N)C1CN2c1cc(Cl)ncn1. The fraction of sp³-hybridized carbons (Fsp3) is 0.400. The maximum atomic E-state index is 6.01. The predicted octanol–water partition coefficient (Wildman–Crippen LogP) is 1.18. The molecule has 1 saturated heterocycles. The molecule has 3 aliphatic rings. The monoisotopic (exact) mass is 222 g/mol. The molecular formula is C10H11ClN4. The quantitative estimate of drug-likeness (QED) is 0.725. The van der Waals surface area contributed by atoms with E-state index < -0.39 is 0 Å². The van der Waals surface area contributed by atoms with Crippen LogP contribution in [-0.4, -0.2) is 22.6 Å². The summed E-state index contributed by atoms with van der Waals surface area (Å²) in [7, 11) is 0. The molecule has 4 rings (SSSR count). The van der Waals surface area contributed by atoms with Crippen molar-refractivity contribution in [3.8, 4) is 0 Å². The van der Waals surface area contributed by atoms with Crippen LogP contribution in [0.1, 0.15) is 6.92 Å². The van der Waals surface area contributed by atoms with Crippen molar-refractivity contribution < 1.29 is 0 Å². The Morgan fingerprint density at radius 3 is 2.87 bits per heavy atom. The first-order valence-electron chi connectivity index (χ1n) is 4.90. The molecule has 5 heteroatoms. The van der Waals surface area contributed by atoms with Crippen molar-refractivity contribution in [2.75, 3.05) is 11.4 Å². The Bertz CT molecular complexity index is 456. The summed E-state index contributed by atoms with van der Waals surface area (Å²) < 4.78 is 0. The van der Waals surface area contributed by atoms with Gasteiger partial charge < -0.3 is 10.6 Å². The van der Waals surface area contributed by atoms with Gasteiger partial charge in [0.2, 0.25) is 0 Å². The highest BCUT2D eigenvalue weighted by molar-refractivity contribution is 6.29. The average molecular weight is 223 g/mol. The number of rotatable bonds is 1. The van der Waals surface area contributed by atoms with E-state index in [2.05, 4.69) is 21.8 Å². The molecule has 78 valence electrons. The van der Waals surface area contributed by atoms with Crippen LogP contribution in [0, 0.1) is 5.92 Å². The second-order valence-electron chi connectivity index (χ2n) is 4.01. The minimum Gasteiger partial charge on any atom is -0.328 e. The van der Waals surface area contributed by atoms with Crippen molar-refractivity contribution in [2.45, 2.75) is 13.0 Å². The minimum absolute atomic E-state index is 0.179. The number of anilines is 1. The van der Waals surface area contributed by atoms with Crippen molar-refractivity contribution in [1.82, 2.24) is 9.97 Å². The lowest BCUT2D eigenvalue weighted by molar-refractivity contribution is 0.552. The zero-order valence-electron chi connectivity index (χ0n) is 8.31. The largest absolute Gasteiger partial charge is 0.328 e. The van der Waals surface area contributed by atoms with E-state index in [1.807, 2.05) is 0 Å². The average Bonchev–Trinajstić information content (AvgIpc) is 2.74. The molecule has 4 nitrogen and oxygen atoms in total. The van der Waals surface area contributed by atoms with Crippen LogP contribution in [0.2, 0.25) is 5.15 Å². The molecule has 2 unspecified atom stereocenters. The van der Waals surface area contributed by atoms with Gasteiger partial charge in [-0.15, -0.1) is 0 Å². The van der Waals surface area contributed by atoms with Crippen LogP contribution in [0.25, 0.3) is 0 Å². The van der Waals surface area contributed by atoms with Crippen LogP contribution in [0.3, 0.4) is 0 Å². The Balaban J connectivity index is 1.98. The van der Waals surface area contributed by atoms with E-state index in [1.54, 1.807) is 6.07 Å². The summed E-state index contributed by atoms with van der Waals surface area (Å²) in [5.74, 6) is 1.34. The molecule has 0 saturated carbocycles. The van der Waals surface area contributed by atoms with Gasteiger partial charge in [0, 0.05) is 24.2 Å². The third-order valence-corrected chi connectivity index (χ3v) is 3.48. The van der Waals surface area contributed by atoms with Crippen LogP contribution in [-0.2, 0) is 0 Å². The van der Waals surface area contributed by atoms with Crippen LogP contribution in [0.4, 0.5) is 5.82 Å². The molecule has 2 aliphatic heterocycles. The summed E-state index contributed by atoms with van der Waals surface area (Å²) >= 11 is 5.83. The summed E-state index contributed by atoms with van der Waals surface area (Å²) in [5, 5.41) is 0.468. The smallest absolute Gasteiger partial charge is 0.137 e. The van der Waals surface area contributed by atoms with Gasteiger partial charge >= 0.3 is 0 Å². The highest BCUT2D eigenvalue weighted by atomic mass is 35.5. The Kier molecular flexibility index (Phi) is 1.78. The van der Waals surface area contributed by atoms with Crippen LogP contribution >= 0.6 is 11.6 Å². The van der Waals surface area contributed by atoms with Crippen LogP contribution in [0.15, 0.2) is 23.7 Å². The van der Waals surface area contributed by atoms with Gasteiger partial charge in [0.05, 0.1) is 6.04 Å². The lowest BCUT2D eigenvalue weighted by atomic mass is 9.83. The van der Waals surface area contributed by atoms with E-state index in [1.165, 1.54) is 17.6 Å². The zero-order valence-corrected chi connectivity index (χ0v) is 9.07. The standard InChI is InChI=1S/C10H11ClN4/c1-5-6-3-15(10(5)9(6)12)8-2-7(11)13-4-14-8/h2,4,6,9H,3,12H2,1H3. The van der Waals surface area contributed by atoms with Crippen LogP contribution in [0.5, 0.6) is 0 Å². The molecule has 2 N–H and O–H groups in total. The first kappa shape index (κ1) is 9.12. The summed E-state index contributed by atoms with van der Waals surface area (Å²) in [4.78, 5) is 10.2. The van der Waals surface area contributed by atoms with Gasteiger partial charge in [-0.3, -0.25) is 0 Å². The molecule has 1 aromatic rings. The number of nitrogens with two attached hydrogens (primary N) is 1. The van der Waals surface area contributed by atoms with Gasteiger partial charge in [0.25, 0.3) is 0 Å². The molecular weight excluding hydrogens is 212 g/mol. The van der Waals surface area contributed by atoms with Crippen LogP contribution < -0.4 is 10.6 Å². The Hall–Kier alpha value is -1.13. The second-order valence-corrected chi connectivity index (χ2v) is 4.40. The van der Waals surface area contributed by atoms with Crippen molar-refractivity contribution in [3.63, 3.8) is 0 Å². The Morgan fingerprint density at radius 2 is 2.33 bits per heavy atom. The molecule has 15 heavy (non-hydrogen) atoms. The molecule has 2 atom stereocenters. The first-order chi connectivity index (χ1) is 7.18. The highest BCUT2D eigenvalue weighted by Crippen LogP contribution is 2.45.